The average Bonchev–Trinajstić information content (AvgIpc) is 2.52. The molecule has 0 unspecified atom stereocenters. The van der Waals surface area contributed by atoms with Gasteiger partial charge in [-0.15, -0.1) is 0 Å². The van der Waals surface area contributed by atoms with Gasteiger partial charge in [-0.2, -0.15) is 4.98 Å². The van der Waals surface area contributed by atoms with Gasteiger partial charge in [0.25, 0.3) is 0 Å². The van der Waals surface area contributed by atoms with Crippen molar-refractivity contribution < 1.29 is 0 Å². The number of hydrogen-bond donors (Lipinski definition) is 2. The molecule has 116 valence electrons. The average molecular weight is 337 g/mol. The van der Waals surface area contributed by atoms with Gasteiger partial charge in [0.2, 0.25) is 5.95 Å². The van der Waals surface area contributed by atoms with Gasteiger partial charge >= 0.3 is 0 Å². The molecule has 1 aromatic carbocycles. The zero-order chi connectivity index (χ0) is 15.4. The van der Waals surface area contributed by atoms with E-state index in [1.807, 2.05) is 6.07 Å². The van der Waals surface area contributed by atoms with E-state index in [1.165, 1.54) is 32.1 Å². The summed E-state index contributed by atoms with van der Waals surface area (Å²) in [5, 5.41) is 7.79. The van der Waals surface area contributed by atoms with Gasteiger partial charge in [0.05, 0.1) is 10.7 Å². The molecule has 1 saturated carbocycles. The molecule has 4 nitrogen and oxygen atoms in total. The van der Waals surface area contributed by atoms with Crippen LogP contribution < -0.4 is 10.6 Å². The van der Waals surface area contributed by atoms with Crippen LogP contribution in [0.3, 0.4) is 0 Å². The minimum Gasteiger partial charge on any atom is -0.367 e. The van der Waals surface area contributed by atoms with Gasteiger partial charge in [-0.3, -0.25) is 0 Å². The Morgan fingerprint density at radius 2 is 1.86 bits per heavy atom. The van der Waals surface area contributed by atoms with E-state index >= 15 is 0 Å². The summed E-state index contributed by atoms with van der Waals surface area (Å²) in [4.78, 5) is 8.73. The lowest BCUT2D eigenvalue weighted by molar-refractivity contribution is 0.462. The van der Waals surface area contributed by atoms with E-state index in [1.54, 1.807) is 24.4 Å². The standard InChI is InChI=1S/C16H18Cl2N4/c17-11-6-7-13(18)14(10-11)21-16-19-9-8-15(22-16)20-12-4-2-1-3-5-12/h6-10,12H,1-5H2,(H2,19,20,21,22). The van der Waals surface area contributed by atoms with Crippen LogP contribution in [0.5, 0.6) is 0 Å². The lowest BCUT2D eigenvalue weighted by Crippen LogP contribution is -2.22. The molecule has 1 aliphatic rings. The molecular weight excluding hydrogens is 319 g/mol. The van der Waals surface area contributed by atoms with Crippen molar-refractivity contribution in [2.75, 3.05) is 10.6 Å². The Morgan fingerprint density at radius 1 is 1.05 bits per heavy atom. The summed E-state index contributed by atoms with van der Waals surface area (Å²) >= 11 is 12.1. The number of aromatic nitrogens is 2. The molecule has 2 N–H and O–H groups in total. The highest BCUT2D eigenvalue weighted by Gasteiger charge is 2.13. The Balaban J connectivity index is 1.71. The van der Waals surface area contributed by atoms with Crippen LogP contribution in [-0.2, 0) is 0 Å². The molecule has 0 spiro atoms. The fraction of sp³-hybridized carbons (Fsp3) is 0.375. The van der Waals surface area contributed by atoms with E-state index in [-0.39, 0.29) is 0 Å². The second-order valence-corrected chi connectivity index (χ2v) is 6.34. The van der Waals surface area contributed by atoms with E-state index in [0.717, 1.165) is 5.82 Å². The van der Waals surface area contributed by atoms with E-state index in [9.17, 15) is 0 Å². The number of nitrogens with zero attached hydrogens (tertiary/aromatic N) is 2. The van der Waals surface area contributed by atoms with Crippen molar-refractivity contribution >= 4 is 40.7 Å². The smallest absolute Gasteiger partial charge is 0.229 e. The van der Waals surface area contributed by atoms with E-state index in [2.05, 4.69) is 20.6 Å². The second kappa shape index (κ2) is 7.16. The fourth-order valence-electron chi connectivity index (χ4n) is 2.67. The van der Waals surface area contributed by atoms with Crippen molar-refractivity contribution in [1.29, 1.82) is 0 Å². The first kappa shape index (κ1) is 15.4. The van der Waals surface area contributed by atoms with Crippen LogP contribution in [-0.4, -0.2) is 16.0 Å². The van der Waals surface area contributed by atoms with E-state index in [4.69, 9.17) is 23.2 Å². The predicted molar refractivity (Wildman–Crippen MR) is 92.3 cm³/mol. The predicted octanol–water partition coefficient (Wildman–Crippen LogP) is 5.27. The third-order valence-corrected chi connectivity index (χ3v) is 4.35. The molecule has 1 aromatic heterocycles. The Labute approximate surface area is 140 Å². The highest BCUT2D eigenvalue weighted by molar-refractivity contribution is 6.35. The molecular formula is C16H18Cl2N4. The second-order valence-electron chi connectivity index (χ2n) is 5.49. The van der Waals surface area contributed by atoms with Crippen LogP contribution >= 0.6 is 23.2 Å². The zero-order valence-electron chi connectivity index (χ0n) is 12.1. The summed E-state index contributed by atoms with van der Waals surface area (Å²) in [5.41, 5.74) is 0.698. The van der Waals surface area contributed by atoms with Crippen molar-refractivity contribution in [2.24, 2.45) is 0 Å². The van der Waals surface area contributed by atoms with E-state index < -0.39 is 0 Å². The van der Waals surface area contributed by atoms with Gasteiger partial charge in [-0.1, -0.05) is 42.5 Å². The molecule has 0 aliphatic heterocycles. The number of hydrogen-bond acceptors (Lipinski definition) is 4. The first-order chi connectivity index (χ1) is 10.7. The van der Waals surface area contributed by atoms with Crippen molar-refractivity contribution in [3.63, 3.8) is 0 Å². The molecule has 1 fully saturated rings. The van der Waals surface area contributed by atoms with Crippen LogP contribution in [0.15, 0.2) is 30.5 Å². The Bertz CT molecular complexity index is 642. The fourth-order valence-corrected chi connectivity index (χ4v) is 3.01. The van der Waals surface area contributed by atoms with Gasteiger partial charge in [-0.05, 0) is 37.1 Å². The summed E-state index contributed by atoms with van der Waals surface area (Å²) in [6.07, 6.45) is 8.04. The number of halogens is 2. The maximum Gasteiger partial charge on any atom is 0.229 e. The first-order valence-electron chi connectivity index (χ1n) is 7.52. The summed E-state index contributed by atoms with van der Waals surface area (Å²) < 4.78 is 0. The van der Waals surface area contributed by atoms with Gasteiger partial charge in [0.15, 0.2) is 0 Å². The van der Waals surface area contributed by atoms with Gasteiger partial charge < -0.3 is 10.6 Å². The quantitative estimate of drug-likeness (QED) is 0.798. The van der Waals surface area contributed by atoms with Gasteiger partial charge in [0, 0.05) is 17.3 Å². The molecule has 0 atom stereocenters. The highest BCUT2D eigenvalue weighted by atomic mass is 35.5. The highest BCUT2D eigenvalue weighted by Crippen LogP contribution is 2.28. The molecule has 0 bridgehead atoms. The topological polar surface area (TPSA) is 49.8 Å². The SMILES string of the molecule is Clc1ccc(Cl)c(Nc2nccc(NC3CCCCC3)n2)c1. The van der Waals surface area contributed by atoms with Crippen LogP contribution in [0.1, 0.15) is 32.1 Å². The monoisotopic (exact) mass is 336 g/mol. The Morgan fingerprint density at radius 3 is 2.68 bits per heavy atom. The maximum absolute atomic E-state index is 6.15. The number of anilines is 3. The minimum atomic E-state index is 0.505. The molecule has 0 amide bonds. The van der Waals surface area contributed by atoms with Gasteiger partial charge in [-0.25, -0.2) is 4.98 Å². The summed E-state index contributed by atoms with van der Waals surface area (Å²) in [6, 6.07) is 7.65. The number of rotatable bonds is 4. The minimum absolute atomic E-state index is 0.505. The molecule has 22 heavy (non-hydrogen) atoms. The third kappa shape index (κ3) is 4.02. The van der Waals surface area contributed by atoms with Crippen LogP contribution in [0.4, 0.5) is 17.5 Å². The lowest BCUT2D eigenvalue weighted by atomic mass is 9.95. The van der Waals surface area contributed by atoms with Crippen LogP contribution in [0.25, 0.3) is 0 Å². The molecule has 0 radical (unpaired) electrons. The lowest BCUT2D eigenvalue weighted by Gasteiger charge is -2.23. The third-order valence-electron chi connectivity index (χ3n) is 3.79. The summed E-state index contributed by atoms with van der Waals surface area (Å²) in [7, 11) is 0. The largest absolute Gasteiger partial charge is 0.367 e. The molecule has 6 heteroatoms. The first-order valence-corrected chi connectivity index (χ1v) is 8.28. The number of nitrogens with one attached hydrogen (secondary N) is 2. The van der Waals surface area contributed by atoms with Crippen LogP contribution in [0, 0.1) is 0 Å². The van der Waals surface area contributed by atoms with Crippen molar-refractivity contribution in [1.82, 2.24) is 9.97 Å². The molecule has 1 heterocycles. The molecule has 1 aliphatic carbocycles. The molecule has 3 rings (SSSR count). The normalized spacial score (nSPS) is 15.5. The Hall–Kier alpha value is -1.52. The molecule has 2 aromatic rings. The summed E-state index contributed by atoms with van der Waals surface area (Å²) in [6.45, 7) is 0. The van der Waals surface area contributed by atoms with Crippen molar-refractivity contribution in [3.05, 3.63) is 40.5 Å². The Kier molecular flexibility index (Phi) is 5.01. The van der Waals surface area contributed by atoms with Crippen molar-refractivity contribution in [3.8, 4) is 0 Å². The van der Waals surface area contributed by atoms with Crippen molar-refractivity contribution in [2.45, 2.75) is 38.1 Å². The number of benzene rings is 1. The van der Waals surface area contributed by atoms with Gasteiger partial charge in [0.1, 0.15) is 5.82 Å². The molecule has 0 saturated heterocycles. The summed E-state index contributed by atoms with van der Waals surface area (Å²) in [5.74, 6) is 1.34. The zero-order valence-corrected chi connectivity index (χ0v) is 13.7. The van der Waals surface area contributed by atoms with E-state index in [0.29, 0.717) is 27.7 Å². The maximum atomic E-state index is 6.15. The van der Waals surface area contributed by atoms with Crippen LogP contribution in [0.2, 0.25) is 10.0 Å².